The van der Waals surface area contributed by atoms with Crippen molar-refractivity contribution >= 4 is 34.6 Å². The van der Waals surface area contributed by atoms with Gasteiger partial charge in [0.2, 0.25) is 0 Å². The summed E-state index contributed by atoms with van der Waals surface area (Å²) in [5.41, 5.74) is 1.74. The number of anilines is 1. The third kappa shape index (κ3) is 3.30. The lowest BCUT2D eigenvalue weighted by molar-refractivity contribution is 0.631. The summed E-state index contributed by atoms with van der Waals surface area (Å²) >= 11 is 11.3. The van der Waals surface area contributed by atoms with Gasteiger partial charge in [0.1, 0.15) is 5.82 Å². The molecule has 0 fully saturated rings. The second kappa shape index (κ2) is 6.53. The van der Waals surface area contributed by atoms with E-state index in [1.165, 1.54) is 6.07 Å². The molecular formula is C15H11ClFN3S. The highest BCUT2D eigenvalue weighted by molar-refractivity contribution is 7.80. The maximum Gasteiger partial charge on any atom is 0.186 e. The number of rotatable bonds is 2. The van der Waals surface area contributed by atoms with Gasteiger partial charge in [-0.2, -0.15) is 5.26 Å². The molecule has 106 valence electrons. The minimum Gasteiger partial charge on any atom is -0.321 e. The molecule has 0 atom stereocenters. The molecule has 0 spiro atoms. The van der Waals surface area contributed by atoms with Crippen LogP contribution in [0.25, 0.3) is 11.1 Å². The van der Waals surface area contributed by atoms with Gasteiger partial charge in [-0.15, -0.1) is 0 Å². The summed E-state index contributed by atoms with van der Waals surface area (Å²) in [6, 6.07) is 11.6. The number of nitrogens with zero attached hydrogens (tertiary/aromatic N) is 2. The molecule has 2 aromatic rings. The minimum absolute atomic E-state index is 0.257. The number of nitrogens with one attached hydrogen (secondary N) is 1. The Kier molecular flexibility index (Phi) is 4.73. The summed E-state index contributed by atoms with van der Waals surface area (Å²) in [7, 11) is 1.71. The van der Waals surface area contributed by atoms with Crippen molar-refractivity contribution < 1.29 is 4.39 Å². The Balaban J connectivity index is 2.37. The molecular weight excluding hydrogens is 309 g/mol. The molecule has 0 amide bonds. The highest BCUT2D eigenvalue weighted by Crippen LogP contribution is 2.32. The zero-order valence-corrected chi connectivity index (χ0v) is 12.7. The second-order valence-electron chi connectivity index (χ2n) is 4.24. The van der Waals surface area contributed by atoms with E-state index in [1.54, 1.807) is 54.5 Å². The van der Waals surface area contributed by atoms with Crippen molar-refractivity contribution in [1.82, 2.24) is 5.32 Å². The number of benzene rings is 2. The molecule has 3 nitrogen and oxygen atoms in total. The van der Waals surface area contributed by atoms with Gasteiger partial charge in [0.25, 0.3) is 0 Å². The molecule has 0 aromatic heterocycles. The summed E-state index contributed by atoms with van der Waals surface area (Å²) in [5, 5.41) is 11.6. The van der Waals surface area contributed by atoms with Gasteiger partial charge in [-0.3, -0.25) is 5.32 Å². The first-order chi connectivity index (χ1) is 10.0. The predicted octanol–water partition coefficient (Wildman–Crippen LogP) is 3.94. The monoisotopic (exact) mass is 319 g/mol. The van der Waals surface area contributed by atoms with Crippen LogP contribution in [0.5, 0.6) is 0 Å². The Morgan fingerprint density at radius 1 is 1.29 bits per heavy atom. The molecule has 0 aliphatic carbocycles. The highest BCUT2D eigenvalue weighted by atomic mass is 35.5. The standard InChI is InChI=1S/C15H11ClFN3S/c1-20(15(21)19-9-18)10-6-7-11(13(16)8-10)12-4-2-3-5-14(12)17/h2-8H,1H3,(H,19,21). The first-order valence-corrected chi connectivity index (χ1v) is 6.80. The quantitative estimate of drug-likeness (QED) is 0.517. The summed E-state index contributed by atoms with van der Waals surface area (Å²) in [5.74, 6) is -0.331. The van der Waals surface area contributed by atoms with E-state index in [-0.39, 0.29) is 10.9 Å². The summed E-state index contributed by atoms with van der Waals surface area (Å²) in [6.45, 7) is 0. The Morgan fingerprint density at radius 2 is 2.00 bits per heavy atom. The molecule has 2 rings (SSSR count). The minimum atomic E-state index is -0.331. The lowest BCUT2D eigenvalue weighted by atomic mass is 10.0. The molecule has 1 N–H and O–H groups in total. The van der Waals surface area contributed by atoms with E-state index >= 15 is 0 Å². The van der Waals surface area contributed by atoms with Crippen LogP contribution >= 0.6 is 23.8 Å². The molecule has 0 unspecified atom stereocenters. The van der Waals surface area contributed by atoms with E-state index in [2.05, 4.69) is 5.32 Å². The molecule has 0 aliphatic heterocycles. The number of nitriles is 1. The van der Waals surface area contributed by atoms with Crippen LogP contribution in [0, 0.1) is 17.3 Å². The Hall–Kier alpha value is -2.16. The van der Waals surface area contributed by atoms with E-state index in [1.807, 2.05) is 0 Å². The van der Waals surface area contributed by atoms with Crippen LogP contribution < -0.4 is 10.2 Å². The average molecular weight is 320 g/mol. The summed E-state index contributed by atoms with van der Waals surface area (Å²) in [6.07, 6.45) is 1.76. The van der Waals surface area contributed by atoms with Crippen LogP contribution in [-0.2, 0) is 0 Å². The van der Waals surface area contributed by atoms with Crippen molar-refractivity contribution in [3.8, 4) is 17.3 Å². The van der Waals surface area contributed by atoms with E-state index in [0.717, 1.165) is 0 Å². The largest absolute Gasteiger partial charge is 0.321 e. The first-order valence-electron chi connectivity index (χ1n) is 6.02. The fraction of sp³-hybridized carbons (Fsp3) is 0.0667. The third-order valence-corrected chi connectivity index (χ3v) is 3.66. The zero-order chi connectivity index (χ0) is 15.4. The van der Waals surface area contributed by atoms with Crippen LogP contribution in [0.2, 0.25) is 5.02 Å². The van der Waals surface area contributed by atoms with Crippen LogP contribution in [0.15, 0.2) is 42.5 Å². The second-order valence-corrected chi connectivity index (χ2v) is 5.04. The zero-order valence-electron chi connectivity index (χ0n) is 11.1. The number of hydrogen-bond donors (Lipinski definition) is 1. The van der Waals surface area contributed by atoms with Crippen LogP contribution in [-0.4, -0.2) is 12.2 Å². The maximum absolute atomic E-state index is 13.8. The third-order valence-electron chi connectivity index (χ3n) is 2.97. The van der Waals surface area contributed by atoms with Gasteiger partial charge < -0.3 is 4.90 Å². The van der Waals surface area contributed by atoms with Crippen molar-refractivity contribution in [3.63, 3.8) is 0 Å². The molecule has 0 heterocycles. The number of halogens is 2. The van der Waals surface area contributed by atoms with Gasteiger partial charge in [-0.25, -0.2) is 4.39 Å². The topological polar surface area (TPSA) is 39.1 Å². The molecule has 6 heteroatoms. The van der Waals surface area contributed by atoms with Crippen LogP contribution in [0.3, 0.4) is 0 Å². The van der Waals surface area contributed by atoms with Crippen LogP contribution in [0.1, 0.15) is 0 Å². The first kappa shape index (κ1) is 15.2. The van der Waals surface area contributed by atoms with Gasteiger partial charge in [0.15, 0.2) is 11.3 Å². The fourth-order valence-corrected chi connectivity index (χ4v) is 2.29. The van der Waals surface area contributed by atoms with Crippen molar-refractivity contribution in [2.75, 3.05) is 11.9 Å². The van der Waals surface area contributed by atoms with E-state index in [4.69, 9.17) is 29.1 Å². The molecule has 0 bridgehead atoms. The normalized spacial score (nSPS) is 9.81. The molecule has 2 aromatic carbocycles. The van der Waals surface area contributed by atoms with Gasteiger partial charge in [0.05, 0.1) is 5.02 Å². The van der Waals surface area contributed by atoms with E-state index in [0.29, 0.717) is 21.8 Å². The maximum atomic E-state index is 13.8. The van der Waals surface area contributed by atoms with Gasteiger partial charge in [-0.05, 0) is 30.4 Å². The fourth-order valence-electron chi connectivity index (χ4n) is 1.86. The predicted molar refractivity (Wildman–Crippen MR) is 86.6 cm³/mol. The Bertz CT molecular complexity index is 727. The van der Waals surface area contributed by atoms with Crippen molar-refractivity contribution in [2.45, 2.75) is 0 Å². The van der Waals surface area contributed by atoms with Crippen molar-refractivity contribution in [3.05, 3.63) is 53.3 Å². The Morgan fingerprint density at radius 3 is 2.62 bits per heavy atom. The smallest absolute Gasteiger partial charge is 0.186 e. The van der Waals surface area contributed by atoms with Gasteiger partial charge in [0, 0.05) is 23.9 Å². The van der Waals surface area contributed by atoms with E-state index in [9.17, 15) is 4.39 Å². The Labute approximate surface area is 132 Å². The molecule has 0 radical (unpaired) electrons. The molecule has 0 saturated heterocycles. The number of thiocarbonyl (C=S) groups is 1. The molecule has 0 aliphatic rings. The van der Waals surface area contributed by atoms with Gasteiger partial charge in [-0.1, -0.05) is 35.9 Å². The average Bonchev–Trinajstić information content (AvgIpc) is 2.47. The summed E-state index contributed by atoms with van der Waals surface area (Å²) in [4.78, 5) is 1.61. The lowest BCUT2D eigenvalue weighted by Crippen LogP contribution is -2.34. The van der Waals surface area contributed by atoms with E-state index < -0.39 is 0 Å². The lowest BCUT2D eigenvalue weighted by Gasteiger charge is -2.19. The molecule has 21 heavy (non-hydrogen) atoms. The summed E-state index contributed by atoms with van der Waals surface area (Å²) < 4.78 is 13.8. The van der Waals surface area contributed by atoms with Crippen molar-refractivity contribution in [2.24, 2.45) is 0 Å². The van der Waals surface area contributed by atoms with Gasteiger partial charge >= 0.3 is 0 Å². The van der Waals surface area contributed by atoms with Crippen molar-refractivity contribution in [1.29, 1.82) is 5.26 Å². The number of hydrogen-bond acceptors (Lipinski definition) is 2. The molecule has 0 saturated carbocycles. The highest BCUT2D eigenvalue weighted by Gasteiger charge is 2.12. The SMILES string of the molecule is CN(C(=S)NC#N)c1ccc(-c2ccccc2F)c(Cl)c1. The van der Waals surface area contributed by atoms with Crippen LogP contribution in [0.4, 0.5) is 10.1 Å².